The first-order valence-electron chi connectivity index (χ1n) is 7.63. The van der Waals surface area contributed by atoms with E-state index in [1.165, 1.54) is 6.07 Å². The monoisotopic (exact) mass is 328 g/mol. The third-order valence-corrected chi connectivity index (χ3v) is 4.47. The number of nitrogens with zero attached hydrogens (tertiary/aromatic N) is 2. The van der Waals surface area contributed by atoms with Crippen molar-refractivity contribution in [3.63, 3.8) is 0 Å². The summed E-state index contributed by atoms with van der Waals surface area (Å²) in [5.74, 6) is 1.04. The molecule has 2 atom stereocenters. The van der Waals surface area contributed by atoms with E-state index in [9.17, 15) is 18.0 Å². The molecule has 2 aliphatic rings. The highest BCUT2D eigenvalue weighted by Crippen LogP contribution is 2.42. The number of halogens is 3. The molecule has 1 amide bonds. The van der Waals surface area contributed by atoms with Gasteiger partial charge in [0.2, 0.25) is 5.91 Å². The first-order valence-corrected chi connectivity index (χ1v) is 7.63. The molecule has 0 aromatic carbocycles. The topological polar surface area (TPSA) is 71.2 Å². The lowest BCUT2D eigenvalue weighted by Crippen LogP contribution is -2.34. The third kappa shape index (κ3) is 3.93. The molecule has 1 aromatic rings. The lowest BCUT2D eigenvalue weighted by Gasteiger charge is -2.20. The molecule has 2 fully saturated rings. The van der Waals surface area contributed by atoms with Gasteiger partial charge < -0.3 is 11.1 Å². The summed E-state index contributed by atoms with van der Waals surface area (Å²) in [6.45, 7) is 1.64. The molecular formula is C15H19F3N4O. The molecule has 1 saturated heterocycles. The second-order valence-corrected chi connectivity index (χ2v) is 6.34. The molecule has 0 spiro atoms. The summed E-state index contributed by atoms with van der Waals surface area (Å²) in [6, 6.07) is 2.45. The van der Waals surface area contributed by atoms with Crippen LogP contribution in [0.3, 0.4) is 0 Å². The Kier molecular flexibility index (Phi) is 4.18. The zero-order chi connectivity index (χ0) is 16.6. The highest BCUT2D eigenvalue weighted by molar-refractivity contribution is 5.76. The summed E-state index contributed by atoms with van der Waals surface area (Å²) in [7, 11) is 0. The molecule has 126 valence electrons. The van der Waals surface area contributed by atoms with Crippen molar-refractivity contribution in [3.05, 3.63) is 23.9 Å². The fraction of sp³-hybridized carbons (Fsp3) is 0.600. The van der Waals surface area contributed by atoms with Crippen LogP contribution in [0, 0.1) is 11.8 Å². The van der Waals surface area contributed by atoms with Crippen molar-refractivity contribution in [3.8, 4) is 0 Å². The van der Waals surface area contributed by atoms with E-state index in [2.05, 4.69) is 10.3 Å². The first-order chi connectivity index (χ1) is 10.8. The van der Waals surface area contributed by atoms with Crippen molar-refractivity contribution in [2.75, 3.05) is 25.0 Å². The Morgan fingerprint density at radius 2 is 2.09 bits per heavy atom. The maximum Gasteiger partial charge on any atom is 0.417 e. The molecule has 3 N–H and O–H groups in total. The van der Waals surface area contributed by atoms with Gasteiger partial charge in [-0.05, 0) is 36.8 Å². The Morgan fingerprint density at radius 3 is 2.61 bits per heavy atom. The standard InChI is InChI=1S/C15H19F3N4O/c16-15(17,18)10-3-4-14(20-5-10)21-12-7-22(8-13(19)23)6-11(12)9-1-2-9/h3-5,9,11-12H,1-2,6-8H2,(H2,19,23)(H,20,21)/t11-,12+/m0/s1. The van der Waals surface area contributed by atoms with Crippen molar-refractivity contribution >= 4 is 11.7 Å². The van der Waals surface area contributed by atoms with Crippen LogP contribution in [-0.2, 0) is 11.0 Å². The number of likely N-dealkylation sites (tertiary alicyclic amines) is 1. The molecular weight excluding hydrogens is 309 g/mol. The number of anilines is 1. The van der Waals surface area contributed by atoms with Gasteiger partial charge in [-0.1, -0.05) is 0 Å². The molecule has 3 rings (SSSR count). The lowest BCUT2D eigenvalue weighted by molar-refractivity contribution is -0.137. The van der Waals surface area contributed by atoms with Crippen molar-refractivity contribution < 1.29 is 18.0 Å². The molecule has 23 heavy (non-hydrogen) atoms. The van der Waals surface area contributed by atoms with E-state index < -0.39 is 11.7 Å². The smallest absolute Gasteiger partial charge is 0.369 e. The van der Waals surface area contributed by atoms with E-state index in [4.69, 9.17) is 5.73 Å². The number of pyridine rings is 1. The molecule has 0 radical (unpaired) electrons. The van der Waals surface area contributed by atoms with E-state index in [0.717, 1.165) is 31.6 Å². The molecule has 1 aromatic heterocycles. The largest absolute Gasteiger partial charge is 0.417 e. The minimum Gasteiger partial charge on any atom is -0.369 e. The van der Waals surface area contributed by atoms with Crippen molar-refractivity contribution in [2.45, 2.75) is 25.1 Å². The first kappa shape index (κ1) is 16.0. The molecule has 8 heteroatoms. The van der Waals surface area contributed by atoms with Crippen molar-refractivity contribution in [1.29, 1.82) is 0 Å². The summed E-state index contributed by atoms with van der Waals surface area (Å²) < 4.78 is 37.7. The quantitative estimate of drug-likeness (QED) is 0.863. The van der Waals surface area contributed by atoms with Gasteiger partial charge in [-0.2, -0.15) is 13.2 Å². The van der Waals surface area contributed by atoms with Crippen molar-refractivity contribution in [2.24, 2.45) is 17.6 Å². The molecule has 1 saturated carbocycles. The minimum absolute atomic E-state index is 0.0751. The Hall–Kier alpha value is -1.83. The maximum atomic E-state index is 12.6. The lowest BCUT2D eigenvalue weighted by atomic mass is 9.98. The van der Waals surface area contributed by atoms with Crippen LogP contribution in [0.15, 0.2) is 18.3 Å². The fourth-order valence-corrected chi connectivity index (χ4v) is 3.25. The second kappa shape index (κ2) is 5.99. The molecule has 0 unspecified atom stereocenters. The normalized spacial score (nSPS) is 25.5. The van der Waals surface area contributed by atoms with Crippen LogP contribution in [-0.4, -0.2) is 41.5 Å². The number of aromatic nitrogens is 1. The van der Waals surface area contributed by atoms with E-state index in [1.54, 1.807) is 0 Å². The van der Waals surface area contributed by atoms with Gasteiger partial charge in [0.15, 0.2) is 0 Å². The molecule has 1 aliphatic carbocycles. The number of rotatable bonds is 5. The highest BCUT2D eigenvalue weighted by atomic mass is 19.4. The van der Waals surface area contributed by atoms with Gasteiger partial charge in [0, 0.05) is 25.3 Å². The van der Waals surface area contributed by atoms with Crippen LogP contribution < -0.4 is 11.1 Å². The zero-order valence-electron chi connectivity index (χ0n) is 12.5. The van der Waals surface area contributed by atoms with Crippen LogP contribution in [0.4, 0.5) is 19.0 Å². The number of nitrogens with one attached hydrogen (secondary N) is 1. The Morgan fingerprint density at radius 1 is 1.35 bits per heavy atom. The maximum absolute atomic E-state index is 12.6. The number of nitrogens with two attached hydrogens (primary N) is 1. The Bertz CT molecular complexity index is 571. The van der Waals surface area contributed by atoms with Crippen LogP contribution in [0.5, 0.6) is 0 Å². The summed E-state index contributed by atoms with van der Waals surface area (Å²) in [5.41, 5.74) is 4.48. The fourth-order valence-electron chi connectivity index (χ4n) is 3.25. The van der Waals surface area contributed by atoms with E-state index >= 15 is 0 Å². The predicted molar refractivity (Wildman–Crippen MR) is 78.5 cm³/mol. The SMILES string of the molecule is NC(=O)CN1C[C@@H](Nc2ccc(C(F)(F)F)cn2)[C@H](C2CC2)C1. The number of hydrogen-bond donors (Lipinski definition) is 2. The van der Waals surface area contributed by atoms with Crippen LogP contribution in [0.25, 0.3) is 0 Å². The Labute approximate surface area is 132 Å². The molecule has 2 heterocycles. The number of amides is 1. The number of carbonyl (C=O) groups excluding carboxylic acids is 1. The van der Waals surface area contributed by atoms with Gasteiger partial charge in [-0.15, -0.1) is 0 Å². The number of primary amides is 1. The molecule has 1 aliphatic heterocycles. The van der Waals surface area contributed by atoms with Crippen LogP contribution in [0.1, 0.15) is 18.4 Å². The van der Waals surface area contributed by atoms with Crippen LogP contribution >= 0.6 is 0 Å². The minimum atomic E-state index is -4.38. The number of hydrogen-bond acceptors (Lipinski definition) is 4. The van der Waals surface area contributed by atoms with Gasteiger partial charge in [-0.3, -0.25) is 9.69 Å². The summed E-state index contributed by atoms with van der Waals surface area (Å²) >= 11 is 0. The molecule has 0 bridgehead atoms. The van der Waals surface area contributed by atoms with Gasteiger partial charge >= 0.3 is 6.18 Å². The van der Waals surface area contributed by atoms with Gasteiger partial charge in [0.1, 0.15) is 5.82 Å². The third-order valence-electron chi connectivity index (χ3n) is 4.47. The average molecular weight is 328 g/mol. The predicted octanol–water partition coefficient (Wildman–Crippen LogP) is 1.71. The highest BCUT2D eigenvalue weighted by Gasteiger charge is 2.42. The second-order valence-electron chi connectivity index (χ2n) is 6.34. The average Bonchev–Trinajstić information content (AvgIpc) is 3.22. The number of alkyl halides is 3. The van der Waals surface area contributed by atoms with Crippen molar-refractivity contribution in [1.82, 2.24) is 9.88 Å². The van der Waals surface area contributed by atoms with E-state index in [-0.39, 0.29) is 18.5 Å². The zero-order valence-corrected chi connectivity index (χ0v) is 12.5. The summed E-state index contributed by atoms with van der Waals surface area (Å²) in [6.07, 6.45) is -1.22. The Balaban J connectivity index is 1.66. The van der Waals surface area contributed by atoms with E-state index in [1.807, 2.05) is 4.90 Å². The van der Waals surface area contributed by atoms with Crippen LogP contribution in [0.2, 0.25) is 0 Å². The summed E-state index contributed by atoms with van der Waals surface area (Å²) in [5, 5.41) is 3.22. The van der Waals surface area contributed by atoms with Gasteiger partial charge in [-0.25, -0.2) is 4.98 Å². The molecule has 5 nitrogen and oxygen atoms in total. The summed E-state index contributed by atoms with van der Waals surface area (Å²) in [4.78, 5) is 16.9. The van der Waals surface area contributed by atoms with Gasteiger partial charge in [0.05, 0.1) is 12.1 Å². The van der Waals surface area contributed by atoms with Gasteiger partial charge in [0.25, 0.3) is 0 Å². The number of carbonyl (C=O) groups is 1. The van der Waals surface area contributed by atoms with E-state index in [0.29, 0.717) is 24.2 Å².